The summed E-state index contributed by atoms with van der Waals surface area (Å²) in [7, 11) is 0. The minimum atomic E-state index is -0.628. The highest BCUT2D eigenvalue weighted by Crippen LogP contribution is 2.25. The van der Waals surface area contributed by atoms with Crippen LogP contribution in [0.3, 0.4) is 0 Å². The molecule has 1 aromatic heterocycles. The molecule has 2 aromatic rings. The first kappa shape index (κ1) is 22.7. The van der Waals surface area contributed by atoms with Crippen LogP contribution in [0, 0.1) is 0 Å². The van der Waals surface area contributed by atoms with Crippen molar-refractivity contribution in [2.75, 3.05) is 31.6 Å². The highest BCUT2D eigenvalue weighted by molar-refractivity contribution is 7.98. The van der Waals surface area contributed by atoms with E-state index in [1.807, 2.05) is 18.4 Å². The lowest BCUT2D eigenvalue weighted by Crippen LogP contribution is -2.49. The van der Waals surface area contributed by atoms with E-state index in [-0.39, 0.29) is 17.9 Å². The summed E-state index contributed by atoms with van der Waals surface area (Å²) in [5, 5.41) is 6.25. The maximum atomic E-state index is 13.0. The fourth-order valence-corrected chi connectivity index (χ4v) is 4.34. The van der Waals surface area contributed by atoms with Crippen molar-refractivity contribution in [1.82, 2.24) is 15.5 Å². The van der Waals surface area contributed by atoms with Gasteiger partial charge in [0.25, 0.3) is 5.91 Å². The second-order valence-corrected chi connectivity index (χ2v) is 8.70. The first-order valence-electron chi connectivity index (χ1n) is 10.2. The van der Waals surface area contributed by atoms with Crippen LogP contribution in [0.5, 0.6) is 0 Å². The summed E-state index contributed by atoms with van der Waals surface area (Å²) >= 11 is 7.77. The first-order chi connectivity index (χ1) is 14.6. The maximum Gasteiger partial charge on any atom is 0.253 e. The molecule has 2 amide bonds. The quantitative estimate of drug-likeness (QED) is 0.578. The van der Waals surface area contributed by atoms with Gasteiger partial charge in [-0.1, -0.05) is 23.7 Å². The topological polar surface area (TPSA) is 74.6 Å². The van der Waals surface area contributed by atoms with Gasteiger partial charge in [-0.25, -0.2) is 0 Å². The predicted octanol–water partition coefficient (Wildman–Crippen LogP) is 3.74. The van der Waals surface area contributed by atoms with Crippen LogP contribution in [0.25, 0.3) is 0 Å². The summed E-state index contributed by atoms with van der Waals surface area (Å²) in [5.74, 6) is 1.07. The number of nitrogens with zero attached hydrogens (tertiary/aromatic N) is 1. The molecule has 30 heavy (non-hydrogen) atoms. The van der Waals surface area contributed by atoms with Crippen LogP contribution in [0.2, 0.25) is 5.02 Å². The molecule has 0 bridgehead atoms. The van der Waals surface area contributed by atoms with Gasteiger partial charge in [-0.15, -0.1) is 0 Å². The van der Waals surface area contributed by atoms with Crippen LogP contribution in [0.4, 0.5) is 0 Å². The summed E-state index contributed by atoms with van der Waals surface area (Å²) in [4.78, 5) is 28.0. The zero-order chi connectivity index (χ0) is 21.3. The third-order valence-corrected chi connectivity index (χ3v) is 6.25. The van der Waals surface area contributed by atoms with Gasteiger partial charge in [0.05, 0.1) is 22.9 Å². The molecule has 2 heterocycles. The summed E-state index contributed by atoms with van der Waals surface area (Å²) in [5.41, 5.74) is 0.367. The second kappa shape index (κ2) is 11.4. The number of carbonyl (C=O) groups is 2. The summed E-state index contributed by atoms with van der Waals surface area (Å²) in [6, 6.07) is 10.0. The lowest BCUT2D eigenvalue weighted by Gasteiger charge is -2.27. The lowest BCUT2D eigenvalue weighted by atomic mass is 10.1. The van der Waals surface area contributed by atoms with Gasteiger partial charge >= 0.3 is 0 Å². The normalized spacial score (nSPS) is 16.2. The van der Waals surface area contributed by atoms with Crippen molar-refractivity contribution in [3.8, 4) is 0 Å². The summed E-state index contributed by atoms with van der Waals surface area (Å²) in [6.45, 7) is 2.41. The molecule has 0 radical (unpaired) electrons. The molecule has 2 unspecified atom stereocenters. The Hall–Kier alpha value is -1.96. The van der Waals surface area contributed by atoms with Gasteiger partial charge in [-0.2, -0.15) is 11.8 Å². The molecular weight excluding hydrogens is 422 g/mol. The van der Waals surface area contributed by atoms with Crippen LogP contribution in [-0.2, 0) is 4.79 Å². The molecule has 162 valence electrons. The number of hydrogen-bond acceptors (Lipinski definition) is 5. The van der Waals surface area contributed by atoms with Gasteiger partial charge < -0.3 is 15.1 Å². The molecule has 6 nitrogen and oxygen atoms in total. The number of carbonyl (C=O) groups excluding carboxylic acids is 2. The zero-order valence-corrected chi connectivity index (χ0v) is 18.7. The monoisotopic (exact) mass is 449 g/mol. The second-order valence-electron chi connectivity index (χ2n) is 7.31. The third-order valence-electron chi connectivity index (χ3n) is 5.27. The van der Waals surface area contributed by atoms with E-state index in [1.165, 1.54) is 0 Å². The van der Waals surface area contributed by atoms with Gasteiger partial charge in [0.15, 0.2) is 0 Å². The van der Waals surface area contributed by atoms with Crippen molar-refractivity contribution in [1.29, 1.82) is 0 Å². The molecule has 0 spiro atoms. The van der Waals surface area contributed by atoms with Crippen molar-refractivity contribution < 1.29 is 14.0 Å². The fraction of sp³-hybridized carbons (Fsp3) is 0.455. The Balaban J connectivity index is 1.65. The first-order valence-corrected chi connectivity index (χ1v) is 12.0. The van der Waals surface area contributed by atoms with Crippen LogP contribution in [-0.4, -0.2) is 54.4 Å². The lowest BCUT2D eigenvalue weighted by molar-refractivity contribution is -0.123. The highest BCUT2D eigenvalue weighted by atomic mass is 35.5. The van der Waals surface area contributed by atoms with Gasteiger partial charge in [-0.05, 0) is 68.6 Å². The van der Waals surface area contributed by atoms with Crippen molar-refractivity contribution in [3.05, 3.63) is 59.0 Å². The number of likely N-dealkylation sites (tertiary alicyclic amines) is 1. The number of amides is 2. The Morgan fingerprint density at radius 3 is 2.63 bits per heavy atom. The molecule has 0 aliphatic carbocycles. The van der Waals surface area contributed by atoms with E-state index < -0.39 is 6.04 Å². The van der Waals surface area contributed by atoms with Crippen LogP contribution >= 0.6 is 23.4 Å². The molecule has 0 saturated carbocycles. The average molecular weight is 450 g/mol. The van der Waals surface area contributed by atoms with E-state index in [0.29, 0.717) is 23.6 Å². The van der Waals surface area contributed by atoms with Crippen molar-refractivity contribution in [2.24, 2.45) is 0 Å². The number of furan rings is 1. The third kappa shape index (κ3) is 6.03. The number of thioether (sulfide) groups is 1. The molecule has 8 heteroatoms. The average Bonchev–Trinajstić information content (AvgIpc) is 3.46. The van der Waals surface area contributed by atoms with Crippen molar-refractivity contribution >= 4 is 35.2 Å². The summed E-state index contributed by atoms with van der Waals surface area (Å²) in [6.07, 6.45) is 6.47. The van der Waals surface area contributed by atoms with E-state index in [1.54, 1.807) is 42.3 Å². The number of hydrogen-bond donors (Lipinski definition) is 2. The largest absolute Gasteiger partial charge is 0.468 e. The van der Waals surface area contributed by atoms with E-state index in [2.05, 4.69) is 15.5 Å². The minimum absolute atomic E-state index is 0.00748. The minimum Gasteiger partial charge on any atom is -0.468 e. The van der Waals surface area contributed by atoms with E-state index >= 15 is 0 Å². The van der Waals surface area contributed by atoms with Crippen molar-refractivity contribution in [3.63, 3.8) is 0 Å². The molecule has 1 aliphatic heterocycles. The maximum absolute atomic E-state index is 13.0. The molecular formula is C22H28ClN3O3S. The molecule has 2 atom stereocenters. The number of rotatable bonds is 10. The molecule has 2 N–H and O–H groups in total. The Labute approximate surface area is 186 Å². The molecule has 1 fully saturated rings. The predicted molar refractivity (Wildman–Crippen MR) is 121 cm³/mol. The molecule has 1 aromatic carbocycles. The number of benzene rings is 1. The SMILES string of the molecule is CSCCC(NC(=O)c1ccccc1Cl)C(=O)NCC(c1ccco1)N1CCCC1. The molecule has 1 aliphatic rings. The number of nitrogens with one attached hydrogen (secondary N) is 2. The standard InChI is InChI=1S/C22H28ClN3O3S/c1-30-14-10-18(25-21(27)16-7-2-3-8-17(16)23)22(28)24-15-19(20-9-6-13-29-20)26-11-4-5-12-26/h2-3,6-9,13,18-19H,4-5,10-12,14-15H2,1H3,(H,24,28)(H,25,27). The number of halogens is 1. The Morgan fingerprint density at radius 1 is 1.20 bits per heavy atom. The molecule has 3 rings (SSSR count). The van der Waals surface area contributed by atoms with E-state index in [0.717, 1.165) is 37.4 Å². The van der Waals surface area contributed by atoms with Crippen LogP contribution in [0.1, 0.15) is 41.4 Å². The van der Waals surface area contributed by atoms with Crippen LogP contribution in [0.15, 0.2) is 47.1 Å². The van der Waals surface area contributed by atoms with Gasteiger partial charge in [0, 0.05) is 6.54 Å². The zero-order valence-electron chi connectivity index (χ0n) is 17.1. The highest BCUT2D eigenvalue weighted by Gasteiger charge is 2.28. The fourth-order valence-electron chi connectivity index (χ4n) is 3.65. The van der Waals surface area contributed by atoms with Crippen LogP contribution < -0.4 is 10.6 Å². The Morgan fingerprint density at radius 2 is 1.97 bits per heavy atom. The van der Waals surface area contributed by atoms with Crippen molar-refractivity contribution in [2.45, 2.75) is 31.3 Å². The van der Waals surface area contributed by atoms with E-state index in [4.69, 9.17) is 16.0 Å². The Kier molecular flexibility index (Phi) is 8.66. The molecule has 1 saturated heterocycles. The van der Waals surface area contributed by atoms with E-state index in [9.17, 15) is 9.59 Å². The van der Waals surface area contributed by atoms with Gasteiger partial charge in [0.2, 0.25) is 5.91 Å². The smallest absolute Gasteiger partial charge is 0.253 e. The van der Waals surface area contributed by atoms with Gasteiger partial charge in [-0.3, -0.25) is 14.5 Å². The summed E-state index contributed by atoms with van der Waals surface area (Å²) < 4.78 is 5.62. The van der Waals surface area contributed by atoms with Gasteiger partial charge in [0.1, 0.15) is 11.8 Å². The Bertz CT molecular complexity index is 825.